The van der Waals surface area contributed by atoms with Crippen LogP contribution in [-0.2, 0) is 4.79 Å². The molecule has 2 N–H and O–H groups in total. The largest absolute Gasteiger partial charge is 0.496 e. The first-order valence-corrected chi connectivity index (χ1v) is 5.18. The van der Waals surface area contributed by atoms with E-state index in [9.17, 15) is 14.0 Å². The summed E-state index contributed by atoms with van der Waals surface area (Å²) in [5.41, 5.74) is 0. The number of rotatable bonds is 5. The van der Waals surface area contributed by atoms with Crippen LogP contribution >= 0.6 is 11.3 Å². The molecule has 0 aromatic carbocycles. The molecule has 0 aliphatic heterocycles. The van der Waals surface area contributed by atoms with Crippen LogP contribution < -0.4 is 10.1 Å². The highest BCUT2D eigenvalue weighted by Gasteiger charge is 2.21. The normalized spacial score (nSPS) is 11.9. The predicted octanol–water partition coefficient (Wildman–Crippen LogP) is 0.909. The zero-order valence-corrected chi connectivity index (χ0v) is 9.21. The highest BCUT2D eigenvalue weighted by atomic mass is 32.1. The molecule has 0 fully saturated rings. The number of carboxylic acids is 1. The Morgan fingerprint density at radius 1 is 1.69 bits per heavy atom. The summed E-state index contributed by atoms with van der Waals surface area (Å²) in [4.78, 5) is 22.2. The summed E-state index contributed by atoms with van der Waals surface area (Å²) in [7, 11) is 1.45. The van der Waals surface area contributed by atoms with Gasteiger partial charge in [0.25, 0.3) is 5.91 Å². The molecule has 5 nitrogen and oxygen atoms in total. The van der Waals surface area contributed by atoms with Gasteiger partial charge in [-0.2, -0.15) is 0 Å². The Hall–Kier alpha value is -1.63. The van der Waals surface area contributed by atoms with Crippen molar-refractivity contribution < 1.29 is 23.8 Å². The number of aliphatic carboxylic acids is 1. The first-order chi connectivity index (χ1) is 7.58. The van der Waals surface area contributed by atoms with Crippen molar-refractivity contribution in [3.05, 3.63) is 16.3 Å². The maximum absolute atomic E-state index is 12.2. The van der Waals surface area contributed by atoms with Crippen LogP contribution in [0.3, 0.4) is 0 Å². The Balaban J connectivity index is 2.67. The fourth-order valence-electron chi connectivity index (χ4n) is 0.941. The Morgan fingerprint density at radius 2 is 2.38 bits per heavy atom. The van der Waals surface area contributed by atoms with E-state index in [2.05, 4.69) is 5.32 Å². The van der Waals surface area contributed by atoms with E-state index < -0.39 is 24.6 Å². The topological polar surface area (TPSA) is 75.6 Å². The van der Waals surface area contributed by atoms with Crippen LogP contribution in [-0.4, -0.2) is 36.8 Å². The second-order valence-corrected chi connectivity index (χ2v) is 3.78. The summed E-state index contributed by atoms with van der Waals surface area (Å²) in [6, 6.07) is -0.0578. The van der Waals surface area contributed by atoms with Gasteiger partial charge >= 0.3 is 5.97 Å². The third-order valence-corrected chi connectivity index (χ3v) is 2.70. The van der Waals surface area contributed by atoms with E-state index in [4.69, 9.17) is 9.84 Å². The van der Waals surface area contributed by atoms with E-state index in [0.717, 1.165) is 11.3 Å². The Kier molecular flexibility index (Phi) is 4.24. The molecule has 1 heterocycles. The first-order valence-electron chi connectivity index (χ1n) is 4.30. The number of halogens is 1. The number of amides is 1. The molecule has 1 rings (SSSR count). The molecule has 1 aromatic heterocycles. The lowest BCUT2D eigenvalue weighted by Gasteiger charge is -2.08. The molecular formula is C9H10FNO4S. The first kappa shape index (κ1) is 12.4. The van der Waals surface area contributed by atoms with Gasteiger partial charge in [0.1, 0.15) is 12.4 Å². The number of carbonyl (C=O) groups excluding carboxylic acids is 1. The number of nitrogens with one attached hydrogen (secondary N) is 1. The number of carbonyl (C=O) groups is 2. The molecule has 0 saturated carbocycles. The van der Waals surface area contributed by atoms with Gasteiger partial charge in [-0.25, -0.2) is 9.18 Å². The standard InChI is InChI=1S/C9H10FNO4S/c1-15-5-2-7(16-4-5)8(12)11-6(3-10)9(13)14/h2,4,6H,3H2,1H3,(H,11,12)(H,13,14). The molecule has 1 unspecified atom stereocenters. The SMILES string of the molecule is COc1csc(C(=O)NC(CF)C(=O)O)c1. The summed E-state index contributed by atoms with van der Waals surface area (Å²) in [5, 5.41) is 12.2. The molecule has 0 aliphatic rings. The minimum atomic E-state index is -1.51. The monoisotopic (exact) mass is 247 g/mol. The van der Waals surface area contributed by atoms with Crippen molar-refractivity contribution in [3.8, 4) is 5.75 Å². The van der Waals surface area contributed by atoms with Crippen molar-refractivity contribution in [1.29, 1.82) is 0 Å². The van der Waals surface area contributed by atoms with Crippen LogP contribution in [0.2, 0.25) is 0 Å². The van der Waals surface area contributed by atoms with Crippen molar-refractivity contribution in [2.24, 2.45) is 0 Å². The summed E-state index contributed by atoms with van der Waals surface area (Å²) in [5.74, 6) is -1.53. The maximum Gasteiger partial charge on any atom is 0.328 e. The molecule has 0 radical (unpaired) electrons. The van der Waals surface area contributed by atoms with Crippen molar-refractivity contribution in [3.63, 3.8) is 0 Å². The van der Waals surface area contributed by atoms with Gasteiger partial charge in [0.05, 0.1) is 12.0 Å². The maximum atomic E-state index is 12.2. The molecule has 0 bridgehead atoms. The van der Waals surface area contributed by atoms with Gasteiger partial charge in [0.15, 0.2) is 6.04 Å². The number of alkyl halides is 1. The molecule has 0 aliphatic carbocycles. The minimum absolute atomic E-state index is 0.275. The average Bonchev–Trinajstić information content (AvgIpc) is 2.73. The van der Waals surface area contributed by atoms with Crippen molar-refractivity contribution in [2.45, 2.75) is 6.04 Å². The zero-order chi connectivity index (χ0) is 12.1. The third kappa shape index (κ3) is 2.93. The van der Waals surface area contributed by atoms with E-state index in [1.165, 1.54) is 13.2 Å². The van der Waals surface area contributed by atoms with Gasteiger partial charge < -0.3 is 15.2 Å². The Bertz CT molecular complexity index is 393. The van der Waals surface area contributed by atoms with Crippen LogP contribution in [0.25, 0.3) is 0 Å². The average molecular weight is 247 g/mol. The number of hydrogen-bond donors (Lipinski definition) is 2. The number of ether oxygens (including phenoxy) is 1. The summed E-state index contributed by atoms with van der Waals surface area (Å²) in [6.45, 7) is -1.15. The molecule has 88 valence electrons. The van der Waals surface area contributed by atoms with Crippen LogP contribution in [0.5, 0.6) is 5.75 Å². The molecular weight excluding hydrogens is 237 g/mol. The highest BCUT2D eigenvalue weighted by Crippen LogP contribution is 2.20. The van der Waals surface area contributed by atoms with Gasteiger partial charge in [0, 0.05) is 11.4 Å². The fraction of sp³-hybridized carbons (Fsp3) is 0.333. The fourth-order valence-corrected chi connectivity index (χ4v) is 1.70. The van der Waals surface area contributed by atoms with Gasteiger partial charge in [-0.05, 0) is 0 Å². The summed E-state index contributed by atoms with van der Waals surface area (Å²) < 4.78 is 17.1. The summed E-state index contributed by atoms with van der Waals surface area (Å²) >= 11 is 1.09. The summed E-state index contributed by atoms with van der Waals surface area (Å²) in [6.07, 6.45) is 0. The van der Waals surface area contributed by atoms with E-state index in [1.807, 2.05) is 0 Å². The second-order valence-electron chi connectivity index (χ2n) is 2.87. The van der Waals surface area contributed by atoms with Gasteiger partial charge in [0.2, 0.25) is 0 Å². The predicted molar refractivity (Wildman–Crippen MR) is 55.7 cm³/mol. The quantitative estimate of drug-likeness (QED) is 0.811. The van der Waals surface area contributed by atoms with Crippen LogP contribution in [0.4, 0.5) is 4.39 Å². The number of thiophene rings is 1. The van der Waals surface area contributed by atoms with Crippen LogP contribution in [0.15, 0.2) is 11.4 Å². The highest BCUT2D eigenvalue weighted by molar-refractivity contribution is 7.12. The molecule has 0 saturated heterocycles. The van der Waals surface area contributed by atoms with Gasteiger partial charge in [-0.15, -0.1) is 11.3 Å². The van der Waals surface area contributed by atoms with Crippen molar-refractivity contribution in [2.75, 3.05) is 13.8 Å². The lowest BCUT2D eigenvalue weighted by atomic mass is 10.3. The lowest BCUT2D eigenvalue weighted by molar-refractivity contribution is -0.139. The van der Waals surface area contributed by atoms with Gasteiger partial charge in [-0.1, -0.05) is 0 Å². The van der Waals surface area contributed by atoms with E-state index >= 15 is 0 Å². The Labute approximate surface area is 94.8 Å². The number of hydrogen-bond acceptors (Lipinski definition) is 4. The van der Waals surface area contributed by atoms with Crippen molar-refractivity contribution in [1.82, 2.24) is 5.32 Å². The van der Waals surface area contributed by atoms with Crippen molar-refractivity contribution >= 4 is 23.2 Å². The molecule has 1 amide bonds. The Morgan fingerprint density at radius 3 is 2.81 bits per heavy atom. The minimum Gasteiger partial charge on any atom is -0.496 e. The van der Waals surface area contributed by atoms with Crippen LogP contribution in [0, 0.1) is 0 Å². The van der Waals surface area contributed by atoms with E-state index in [1.54, 1.807) is 5.38 Å². The smallest absolute Gasteiger partial charge is 0.328 e. The van der Waals surface area contributed by atoms with Gasteiger partial charge in [-0.3, -0.25) is 4.79 Å². The number of carboxylic acid groups (broad SMARTS) is 1. The van der Waals surface area contributed by atoms with E-state index in [-0.39, 0.29) is 4.88 Å². The number of methoxy groups -OCH3 is 1. The molecule has 7 heteroatoms. The van der Waals surface area contributed by atoms with E-state index in [0.29, 0.717) is 5.75 Å². The van der Waals surface area contributed by atoms with Crippen LogP contribution in [0.1, 0.15) is 9.67 Å². The lowest BCUT2D eigenvalue weighted by Crippen LogP contribution is -2.42. The zero-order valence-electron chi connectivity index (χ0n) is 8.40. The molecule has 1 atom stereocenters. The molecule has 1 aromatic rings. The molecule has 16 heavy (non-hydrogen) atoms. The third-order valence-electron chi connectivity index (χ3n) is 1.79. The molecule has 0 spiro atoms. The second kappa shape index (κ2) is 5.45.